The van der Waals surface area contributed by atoms with Gasteiger partial charge in [0.2, 0.25) is 0 Å². The molecule has 5 heteroatoms. The number of H-pyrrole nitrogens is 1. The third-order valence-corrected chi connectivity index (χ3v) is 5.34. The molecule has 2 heterocycles. The van der Waals surface area contributed by atoms with Crippen LogP contribution in [-0.2, 0) is 11.0 Å². The predicted molar refractivity (Wildman–Crippen MR) is 85.4 cm³/mol. The minimum absolute atomic E-state index is 0.0871. The zero-order valence-electron chi connectivity index (χ0n) is 12.2. The molecule has 1 saturated heterocycles. The molecule has 0 spiro atoms. The highest BCUT2D eigenvalue weighted by atomic mass is 32.2. The molecule has 108 valence electrons. The van der Waals surface area contributed by atoms with Gasteiger partial charge in [0.25, 0.3) is 0 Å². The molecule has 1 aliphatic rings. The third-order valence-electron chi connectivity index (χ3n) is 4.04. The molecule has 0 bridgehead atoms. The molecule has 3 rings (SSSR count). The smallest absolute Gasteiger partial charge is 0.0917 e. The van der Waals surface area contributed by atoms with Crippen molar-refractivity contribution in [2.45, 2.75) is 19.4 Å². The number of hydrogen-bond donors (Lipinski definition) is 1. The lowest BCUT2D eigenvalue weighted by molar-refractivity contribution is 0.216. The van der Waals surface area contributed by atoms with Gasteiger partial charge in [-0.1, -0.05) is 18.2 Å². The van der Waals surface area contributed by atoms with E-state index in [-0.39, 0.29) is 5.54 Å². The van der Waals surface area contributed by atoms with Crippen molar-refractivity contribution in [1.82, 2.24) is 9.29 Å². The Labute approximate surface area is 122 Å². The number of aromatic amines is 1. The van der Waals surface area contributed by atoms with E-state index in [0.717, 1.165) is 19.6 Å². The van der Waals surface area contributed by atoms with Crippen molar-refractivity contribution in [3.63, 3.8) is 0 Å². The Morgan fingerprint density at radius 3 is 2.70 bits per heavy atom. The van der Waals surface area contributed by atoms with Crippen LogP contribution in [0.15, 0.2) is 30.5 Å². The molecule has 1 aromatic heterocycles. The van der Waals surface area contributed by atoms with Crippen LogP contribution >= 0.6 is 0 Å². The molecule has 1 aliphatic heterocycles. The zero-order chi connectivity index (χ0) is 14.3. The first-order valence-corrected chi connectivity index (χ1v) is 8.43. The Morgan fingerprint density at radius 2 is 2.00 bits per heavy atom. The number of para-hydroxylation sites is 1. The molecular formula is C15H21N3OS. The van der Waals surface area contributed by atoms with Crippen LogP contribution in [0.4, 0.5) is 5.69 Å². The Bertz CT molecular complexity index is 649. The number of anilines is 1. The minimum Gasteiger partial charge on any atom is -0.367 e. The molecule has 0 radical (unpaired) electrons. The molecule has 0 amide bonds. The van der Waals surface area contributed by atoms with Crippen LogP contribution in [0.25, 0.3) is 10.9 Å². The van der Waals surface area contributed by atoms with Crippen LogP contribution < -0.4 is 4.90 Å². The topological polar surface area (TPSA) is 39.3 Å². The summed E-state index contributed by atoms with van der Waals surface area (Å²) in [6.45, 7) is 6.94. The van der Waals surface area contributed by atoms with Crippen molar-refractivity contribution in [2.24, 2.45) is 0 Å². The molecule has 1 N–H and O–H groups in total. The summed E-state index contributed by atoms with van der Waals surface area (Å²) in [4.78, 5) is 5.72. The Balaban J connectivity index is 1.91. The fraction of sp³-hybridized carbons (Fsp3) is 0.467. The fourth-order valence-corrected chi connectivity index (χ4v) is 4.23. The number of rotatable bonds is 2. The van der Waals surface area contributed by atoms with Gasteiger partial charge in [0, 0.05) is 48.5 Å². The average Bonchev–Trinajstić information content (AvgIpc) is 2.80. The molecule has 1 unspecified atom stereocenters. The standard InChI is InChI=1S/C15H21N3OS/c1-15(2)11-17(8-9-18(15)20(3)19)14-10-16-13-7-5-4-6-12(13)14/h4-7,10,16H,8-9,11H2,1-3H3. The second-order valence-electron chi connectivity index (χ2n) is 5.98. The quantitative estimate of drug-likeness (QED) is 0.922. The molecule has 20 heavy (non-hydrogen) atoms. The number of benzene rings is 1. The van der Waals surface area contributed by atoms with Gasteiger partial charge >= 0.3 is 0 Å². The largest absolute Gasteiger partial charge is 0.367 e. The number of piperazine rings is 1. The molecule has 1 fully saturated rings. The van der Waals surface area contributed by atoms with E-state index in [0.29, 0.717) is 0 Å². The van der Waals surface area contributed by atoms with Crippen molar-refractivity contribution in [3.8, 4) is 0 Å². The lowest BCUT2D eigenvalue weighted by Gasteiger charge is -2.46. The van der Waals surface area contributed by atoms with Crippen LogP contribution in [-0.4, -0.2) is 44.9 Å². The molecule has 2 aromatic rings. The van der Waals surface area contributed by atoms with Crippen LogP contribution in [0, 0.1) is 0 Å². The number of aromatic nitrogens is 1. The number of nitrogens with one attached hydrogen (secondary N) is 1. The summed E-state index contributed by atoms with van der Waals surface area (Å²) < 4.78 is 13.9. The van der Waals surface area contributed by atoms with Gasteiger partial charge < -0.3 is 9.88 Å². The van der Waals surface area contributed by atoms with Crippen LogP contribution in [0.2, 0.25) is 0 Å². The Morgan fingerprint density at radius 1 is 1.25 bits per heavy atom. The molecule has 1 aromatic carbocycles. The van der Waals surface area contributed by atoms with Crippen LogP contribution in [0.3, 0.4) is 0 Å². The summed E-state index contributed by atoms with van der Waals surface area (Å²) in [6.07, 6.45) is 3.85. The lowest BCUT2D eigenvalue weighted by atomic mass is 10.0. The number of nitrogens with zero attached hydrogens (tertiary/aromatic N) is 2. The molecule has 4 nitrogen and oxygen atoms in total. The first-order valence-electron chi connectivity index (χ1n) is 6.91. The highest BCUT2D eigenvalue weighted by molar-refractivity contribution is 7.81. The van der Waals surface area contributed by atoms with E-state index < -0.39 is 11.0 Å². The van der Waals surface area contributed by atoms with E-state index >= 15 is 0 Å². The van der Waals surface area contributed by atoms with Gasteiger partial charge in [0.05, 0.1) is 16.7 Å². The first-order chi connectivity index (χ1) is 9.49. The maximum atomic E-state index is 11.8. The van der Waals surface area contributed by atoms with Crippen molar-refractivity contribution in [2.75, 3.05) is 30.8 Å². The summed E-state index contributed by atoms with van der Waals surface area (Å²) in [6, 6.07) is 8.37. The van der Waals surface area contributed by atoms with Crippen molar-refractivity contribution < 1.29 is 4.21 Å². The average molecular weight is 291 g/mol. The molecular weight excluding hydrogens is 270 g/mol. The van der Waals surface area contributed by atoms with Gasteiger partial charge in [-0.2, -0.15) is 0 Å². The van der Waals surface area contributed by atoms with Gasteiger partial charge in [0.1, 0.15) is 0 Å². The summed E-state index contributed by atoms with van der Waals surface area (Å²) in [7, 11) is -0.911. The maximum Gasteiger partial charge on any atom is 0.0917 e. The van der Waals surface area contributed by atoms with Gasteiger partial charge in [-0.3, -0.25) is 0 Å². The summed E-state index contributed by atoms with van der Waals surface area (Å²) in [5.41, 5.74) is 2.33. The highest BCUT2D eigenvalue weighted by Gasteiger charge is 2.36. The van der Waals surface area contributed by atoms with E-state index in [2.05, 4.69) is 52.4 Å². The fourth-order valence-electron chi connectivity index (χ4n) is 3.14. The maximum absolute atomic E-state index is 11.8. The monoisotopic (exact) mass is 291 g/mol. The van der Waals surface area contributed by atoms with E-state index in [4.69, 9.17) is 0 Å². The second-order valence-corrected chi connectivity index (χ2v) is 7.27. The van der Waals surface area contributed by atoms with Crippen molar-refractivity contribution in [3.05, 3.63) is 30.5 Å². The predicted octanol–water partition coefficient (Wildman–Crippen LogP) is 2.36. The lowest BCUT2D eigenvalue weighted by Crippen LogP contribution is -2.59. The summed E-state index contributed by atoms with van der Waals surface area (Å²) >= 11 is 0. The van der Waals surface area contributed by atoms with Gasteiger partial charge in [-0.25, -0.2) is 8.51 Å². The molecule has 1 atom stereocenters. The Hall–Kier alpha value is -1.33. The normalized spacial score (nSPS) is 21.2. The van der Waals surface area contributed by atoms with E-state index in [1.165, 1.54) is 16.6 Å². The second kappa shape index (κ2) is 4.90. The summed E-state index contributed by atoms with van der Waals surface area (Å²) in [5, 5.41) is 1.26. The van der Waals surface area contributed by atoms with E-state index in [9.17, 15) is 4.21 Å². The van der Waals surface area contributed by atoms with E-state index in [1.54, 1.807) is 6.26 Å². The first kappa shape index (κ1) is 13.6. The Kier molecular flexibility index (Phi) is 3.34. The molecule has 0 aliphatic carbocycles. The number of hydrogen-bond acceptors (Lipinski definition) is 2. The van der Waals surface area contributed by atoms with Gasteiger partial charge in [-0.15, -0.1) is 0 Å². The SMILES string of the molecule is CS(=O)N1CCN(c2c[nH]c3ccccc23)CC1(C)C. The summed E-state index contributed by atoms with van der Waals surface area (Å²) in [5.74, 6) is 0. The van der Waals surface area contributed by atoms with Crippen molar-refractivity contribution in [1.29, 1.82) is 0 Å². The zero-order valence-corrected chi connectivity index (χ0v) is 13.0. The van der Waals surface area contributed by atoms with Crippen LogP contribution in [0.5, 0.6) is 0 Å². The minimum atomic E-state index is -0.911. The van der Waals surface area contributed by atoms with Crippen LogP contribution in [0.1, 0.15) is 13.8 Å². The number of fused-ring (bicyclic) bond motifs is 1. The molecule has 0 saturated carbocycles. The third kappa shape index (κ3) is 2.25. The van der Waals surface area contributed by atoms with Gasteiger partial charge in [0.15, 0.2) is 0 Å². The van der Waals surface area contributed by atoms with E-state index in [1.807, 2.05) is 6.07 Å². The van der Waals surface area contributed by atoms with Crippen molar-refractivity contribution >= 4 is 27.6 Å². The highest BCUT2D eigenvalue weighted by Crippen LogP contribution is 2.31. The van der Waals surface area contributed by atoms with Gasteiger partial charge in [-0.05, 0) is 19.9 Å².